The molecule has 1 heterocycles. The Labute approximate surface area is 164 Å². The molecule has 1 saturated heterocycles. The normalized spacial score (nSPS) is 17.4. The molecule has 0 bridgehead atoms. The van der Waals surface area contributed by atoms with Gasteiger partial charge in [-0.15, -0.1) is 0 Å². The molecule has 2 amide bonds. The van der Waals surface area contributed by atoms with Crippen molar-refractivity contribution in [1.82, 2.24) is 10.2 Å². The summed E-state index contributed by atoms with van der Waals surface area (Å²) in [5.41, 5.74) is 0.977. The van der Waals surface area contributed by atoms with Gasteiger partial charge in [0.25, 0.3) is 0 Å². The molecule has 148 valence electrons. The first-order valence-corrected chi connectivity index (χ1v) is 9.92. The SMILES string of the molecule is CCN=C(NCC)S[C@H]1CC(=O)N(CCc2ccc(OC)c(OC)c2)C1=O. The molecule has 2 rings (SSSR count). The minimum Gasteiger partial charge on any atom is -0.493 e. The summed E-state index contributed by atoms with van der Waals surface area (Å²) < 4.78 is 10.5. The number of ether oxygens (including phenoxy) is 2. The average Bonchev–Trinajstić information content (AvgIpc) is 2.93. The summed E-state index contributed by atoms with van der Waals surface area (Å²) in [5.74, 6) is 1.00. The lowest BCUT2D eigenvalue weighted by atomic mass is 10.1. The first-order valence-electron chi connectivity index (χ1n) is 9.04. The van der Waals surface area contributed by atoms with Crippen LogP contribution in [0.25, 0.3) is 0 Å². The predicted octanol–water partition coefficient (Wildman–Crippen LogP) is 2.09. The second-order valence-corrected chi connectivity index (χ2v) is 7.13. The van der Waals surface area contributed by atoms with Gasteiger partial charge >= 0.3 is 0 Å². The molecule has 8 heteroatoms. The zero-order valence-electron chi connectivity index (χ0n) is 16.3. The average molecular weight is 394 g/mol. The number of amidine groups is 1. The van der Waals surface area contributed by atoms with Crippen LogP contribution in [0, 0.1) is 0 Å². The molecule has 0 spiro atoms. The Morgan fingerprint density at radius 2 is 2.00 bits per heavy atom. The summed E-state index contributed by atoms with van der Waals surface area (Å²) in [6, 6.07) is 5.60. The summed E-state index contributed by atoms with van der Waals surface area (Å²) in [7, 11) is 3.16. The van der Waals surface area contributed by atoms with Gasteiger partial charge in [-0.3, -0.25) is 19.5 Å². The van der Waals surface area contributed by atoms with Crippen molar-refractivity contribution in [3.63, 3.8) is 0 Å². The minimum atomic E-state index is -0.410. The van der Waals surface area contributed by atoms with Crippen LogP contribution in [0.15, 0.2) is 23.2 Å². The highest BCUT2D eigenvalue weighted by molar-refractivity contribution is 8.15. The monoisotopic (exact) mass is 393 g/mol. The number of rotatable bonds is 8. The lowest BCUT2D eigenvalue weighted by Crippen LogP contribution is -2.34. The fourth-order valence-electron chi connectivity index (χ4n) is 2.82. The Kier molecular flexibility index (Phi) is 7.97. The molecule has 1 aromatic rings. The highest BCUT2D eigenvalue weighted by Crippen LogP contribution is 2.29. The van der Waals surface area contributed by atoms with E-state index in [9.17, 15) is 9.59 Å². The molecule has 7 nitrogen and oxygen atoms in total. The second kappa shape index (κ2) is 10.2. The number of likely N-dealkylation sites (tertiary alicyclic amines) is 1. The van der Waals surface area contributed by atoms with Crippen molar-refractivity contribution in [2.75, 3.05) is 33.9 Å². The number of hydrogen-bond acceptors (Lipinski definition) is 6. The molecule has 0 saturated carbocycles. The zero-order valence-corrected chi connectivity index (χ0v) is 17.1. The van der Waals surface area contributed by atoms with Crippen LogP contribution >= 0.6 is 11.8 Å². The molecule has 0 radical (unpaired) electrons. The Hall–Kier alpha value is -2.22. The lowest BCUT2D eigenvalue weighted by Gasteiger charge is -2.16. The van der Waals surface area contributed by atoms with E-state index in [4.69, 9.17) is 9.47 Å². The lowest BCUT2D eigenvalue weighted by molar-refractivity contribution is -0.138. The Morgan fingerprint density at radius 1 is 1.26 bits per heavy atom. The van der Waals surface area contributed by atoms with E-state index in [-0.39, 0.29) is 18.2 Å². The molecule has 1 aliphatic rings. The number of nitrogens with zero attached hydrogens (tertiary/aromatic N) is 2. The number of thioether (sulfide) groups is 1. The summed E-state index contributed by atoms with van der Waals surface area (Å²) in [5, 5.41) is 3.45. The van der Waals surface area contributed by atoms with Crippen LogP contribution in [0.4, 0.5) is 0 Å². The molecule has 1 fully saturated rings. The van der Waals surface area contributed by atoms with Gasteiger partial charge in [0.1, 0.15) is 5.25 Å². The number of hydrogen-bond donors (Lipinski definition) is 1. The van der Waals surface area contributed by atoms with Gasteiger partial charge in [-0.25, -0.2) is 0 Å². The summed E-state index contributed by atoms with van der Waals surface area (Å²) in [6.07, 6.45) is 0.780. The van der Waals surface area contributed by atoms with Gasteiger partial charge in [-0.05, 0) is 38.0 Å². The number of aliphatic imine (C=N–C) groups is 1. The first kappa shape index (κ1) is 21.1. The maximum atomic E-state index is 12.7. The Bertz CT molecular complexity index is 708. The van der Waals surface area contributed by atoms with Gasteiger partial charge in [-0.1, -0.05) is 17.8 Å². The molecule has 27 heavy (non-hydrogen) atoms. The Balaban J connectivity index is 2.00. The maximum absolute atomic E-state index is 12.7. The topological polar surface area (TPSA) is 80.2 Å². The smallest absolute Gasteiger partial charge is 0.243 e. The number of methoxy groups -OCH3 is 2. The van der Waals surface area contributed by atoms with Crippen molar-refractivity contribution in [2.24, 2.45) is 4.99 Å². The number of carbonyl (C=O) groups excluding carboxylic acids is 2. The number of benzene rings is 1. The standard InChI is InChI=1S/C19H27N3O4S/c1-5-20-19(21-6-2)27-16-12-17(23)22(18(16)24)10-9-13-7-8-14(25-3)15(11-13)26-4/h7-8,11,16H,5-6,9-10,12H2,1-4H3,(H,20,21)/t16-/m0/s1. The summed E-state index contributed by atoms with van der Waals surface area (Å²) in [4.78, 5) is 30.7. The summed E-state index contributed by atoms with van der Waals surface area (Å²) >= 11 is 1.34. The van der Waals surface area contributed by atoms with Crippen LogP contribution in [0.2, 0.25) is 0 Å². The van der Waals surface area contributed by atoms with Crippen LogP contribution in [-0.4, -0.2) is 61.0 Å². The second-order valence-electron chi connectivity index (χ2n) is 5.94. The van der Waals surface area contributed by atoms with Crippen molar-refractivity contribution in [3.8, 4) is 11.5 Å². The highest BCUT2D eigenvalue weighted by Gasteiger charge is 2.39. The molecular formula is C19H27N3O4S. The molecule has 0 aromatic heterocycles. The van der Waals surface area contributed by atoms with Gasteiger partial charge in [0.2, 0.25) is 11.8 Å². The fraction of sp³-hybridized carbons (Fsp3) is 0.526. The minimum absolute atomic E-state index is 0.134. The van der Waals surface area contributed by atoms with Crippen molar-refractivity contribution in [1.29, 1.82) is 0 Å². The summed E-state index contributed by atoms with van der Waals surface area (Å²) in [6.45, 7) is 5.63. The van der Waals surface area contributed by atoms with Crippen molar-refractivity contribution >= 4 is 28.7 Å². The van der Waals surface area contributed by atoms with E-state index in [1.54, 1.807) is 14.2 Å². The zero-order chi connectivity index (χ0) is 19.8. The third-order valence-corrected chi connectivity index (χ3v) is 5.31. The largest absolute Gasteiger partial charge is 0.493 e. The van der Waals surface area contributed by atoms with Crippen molar-refractivity contribution in [2.45, 2.75) is 31.9 Å². The van der Waals surface area contributed by atoms with Crippen molar-refractivity contribution in [3.05, 3.63) is 23.8 Å². The fourth-order valence-corrected chi connectivity index (χ4v) is 3.98. The van der Waals surface area contributed by atoms with Gasteiger partial charge in [0.05, 0.1) is 14.2 Å². The predicted molar refractivity (Wildman–Crippen MR) is 108 cm³/mol. The first-order chi connectivity index (χ1) is 13.0. The third-order valence-electron chi connectivity index (χ3n) is 4.16. The van der Waals surface area contributed by atoms with E-state index in [0.717, 1.165) is 12.1 Å². The molecular weight excluding hydrogens is 366 g/mol. The molecule has 1 N–H and O–H groups in total. The quantitative estimate of drug-likeness (QED) is 0.414. The van der Waals surface area contributed by atoms with E-state index >= 15 is 0 Å². The molecule has 0 unspecified atom stereocenters. The van der Waals surface area contributed by atoms with Gasteiger partial charge < -0.3 is 14.8 Å². The van der Waals surface area contributed by atoms with E-state index in [1.165, 1.54) is 16.7 Å². The molecule has 1 aliphatic heterocycles. The van der Waals surface area contributed by atoms with Gasteiger partial charge in [0.15, 0.2) is 16.7 Å². The number of imide groups is 1. The van der Waals surface area contributed by atoms with Crippen LogP contribution in [-0.2, 0) is 16.0 Å². The maximum Gasteiger partial charge on any atom is 0.243 e. The van der Waals surface area contributed by atoms with Crippen molar-refractivity contribution < 1.29 is 19.1 Å². The Morgan fingerprint density at radius 3 is 2.63 bits per heavy atom. The number of amides is 2. The van der Waals surface area contributed by atoms with Crippen LogP contribution < -0.4 is 14.8 Å². The van der Waals surface area contributed by atoms with Crippen LogP contribution in [0.3, 0.4) is 0 Å². The van der Waals surface area contributed by atoms with E-state index in [2.05, 4.69) is 10.3 Å². The highest BCUT2D eigenvalue weighted by atomic mass is 32.2. The van der Waals surface area contributed by atoms with E-state index < -0.39 is 5.25 Å². The number of carbonyl (C=O) groups is 2. The van der Waals surface area contributed by atoms with Gasteiger partial charge in [-0.2, -0.15) is 0 Å². The van der Waals surface area contributed by atoms with Crippen LogP contribution in [0.5, 0.6) is 11.5 Å². The van der Waals surface area contributed by atoms with E-state index in [0.29, 0.717) is 36.2 Å². The third kappa shape index (κ3) is 5.38. The molecule has 1 atom stereocenters. The van der Waals surface area contributed by atoms with Gasteiger partial charge in [0, 0.05) is 26.1 Å². The number of nitrogens with one attached hydrogen (secondary N) is 1. The van der Waals surface area contributed by atoms with E-state index in [1.807, 2.05) is 32.0 Å². The molecule has 1 aromatic carbocycles. The molecule has 0 aliphatic carbocycles. The van der Waals surface area contributed by atoms with Crippen LogP contribution in [0.1, 0.15) is 25.8 Å².